The predicted molar refractivity (Wildman–Crippen MR) is 142 cm³/mol. The highest BCUT2D eigenvalue weighted by Gasteiger charge is 2.35. The van der Waals surface area contributed by atoms with Gasteiger partial charge in [-0.3, -0.25) is 0 Å². The van der Waals surface area contributed by atoms with Gasteiger partial charge in [-0.05, 0) is 77.8 Å². The molecule has 0 unspecified atom stereocenters. The molecule has 156 valence electrons. The number of hydrogen-bond acceptors (Lipinski definition) is 0. The highest BCUT2D eigenvalue weighted by molar-refractivity contribution is 6.24. The summed E-state index contributed by atoms with van der Waals surface area (Å²) in [6.45, 7) is 4.75. The largest absolute Gasteiger partial charge is 0.0622 e. The first-order valence-corrected chi connectivity index (χ1v) is 11.7. The van der Waals surface area contributed by atoms with E-state index in [0.717, 1.165) is 0 Å². The van der Waals surface area contributed by atoms with Crippen LogP contribution in [-0.2, 0) is 5.41 Å². The normalized spacial score (nSPS) is 14.0. The molecule has 1 aliphatic carbocycles. The average molecular weight is 421 g/mol. The van der Waals surface area contributed by atoms with E-state index in [2.05, 4.69) is 123 Å². The van der Waals surface area contributed by atoms with Crippen LogP contribution in [0.1, 0.15) is 25.0 Å². The van der Waals surface area contributed by atoms with Crippen LogP contribution in [0.2, 0.25) is 0 Å². The molecule has 6 aromatic rings. The summed E-state index contributed by atoms with van der Waals surface area (Å²) in [6, 6.07) is 40.2. The first-order valence-electron chi connectivity index (χ1n) is 11.7. The van der Waals surface area contributed by atoms with Crippen LogP contribution < -0.4 is 0 Å². The van der Waals surface area contributed by atoms with Crippen molar-refractivity contribution in [1.82, 2.24) is 0 Å². The molecule has 0 spiro atoms. The minimum absolute atomic E-state index is 0.00532. The van der Waals surface area contributed by atoms with Crippen LogP contribution in [0.25, 0.3) is 54.6 Å². The Hall–Kier alpha value is -3.90. The van der Waals surface area contributed by atoms with Crippen molar-refractivity contribution in [2.24, 2.45) is 0 Å². The summed E-state index contributed by atoms with van der Waals surface area (Å²) in [6.07, 6.45) is 0. The zero-order valence-corrected chi connectivity index (χ0v) is 18.9. The minimum atomic E-state index is -0.00532. The van der Waals surface area contributed by atoms with Crippen molar-refractivity contribution < 1.29 is 0 Å². The van der Waals surface area contributed by atoms with E-state index >= 15 is 0 Å². The molecule has 0 saturated heterocycles. The number of hydrogen-bond donors (Lipinski definition) is 0. The van der Waals surface area contributed by atoms with Crippen LogP contribution in [0.15, 0.2) is 109 Å². The third kappa shape index (κ3) is 2.52. The van der Waals surface area contributed by atoms with E-state index in [-0.39, 0.29) is 5.41 Å². The molecule has 0 nitrogen and oxygen atoms in total. The van der Waals surface area contributed by atoms with E-state index in [4.69, 9.17) is 0 Å². The van der Waals surface area contributed by atoms with E-state index in [1.807, 2.05) is 0 Å². The summed E-state index contributed by atoms with van der Waals surface area (Å²) >= 11 is 0. The summed E-state index contributed by atoms with van der Waals surface area (Å²) < 4.78 is 0. The van der Waals surface area contributed by atoms with Crippen molar-refractivity contribution in [1.29, 1.82) is 0 Å². The molecule has 0 heteroatoms. The molecule has 0 amide bonds. The van der Waals surface area contributed by atoms with Crippen LogP contribution in [-0.4, -0.2) is 0 Å². The molecule has 7 rings (SSSR count). The average Bonchev–Trinajstić information content (AvgIpc) is 3.10. The first kappa shape index (κ1) is 18.7. The van der Waals surface area contributed by atoms with Crippen LogP contribution in [0.3, 0.4) is 0 Å². The Kier molecular flexibility index (Phi) is 3.71. The van der Waals surface area contributed by atoms with Gasteiger partial charge in [-0.2, -0.15) is 0 Å². The molecular formula is C33H24. The van der Waals surface area contributed by atoms with Gasteiger partial charge in [-0.25, -0.2) is 0 Å². The zero-order valence-electron chi connectivity index (χ0n) is 18.9. The molecule has 33 heavy (non-hydrogen) atoms. The Morgan fingerprint density at radius 2 is 1.15 bits per heavy atom. The van der Waals surface area contributed by atoms with Crippen molar-refractivity contribution in [3.05, 3.63) is 120 Å². The van der Waals surface area contributed by atoms with Crippen LogP contribution in [0, 0.1) is 0 Å². The van der Waals surface area contributed by atoms with Crippen molar-refractivity contribution in [3.63, 3.8) is 0 Å². The zero-order chi connectivity index (χ0) is 22.2. The molecule has 0 saturated carbocycles. The van der Waals surface area contributed by atoms with Gasteiger partial charge in [-0.1, -0.05) is 111 Å². The monoisotopic (exact) mass is 420 g/mol. The second-order valence-corrected chi connectivity index (χ2v) is 9.79. The van der Waals surface area contributed by atoms with Gasteiger partial charge in [-0.15, -0.1) is 0 Å². The number of fused-ring (bicyclic) bond motifs is 2. The number of rotatable bonds is 2. The SMILES string of the molecule is CC1(C)c2ccc(-c3cccc(-c4ccccc4)c3)c3ccc4c5ccccc5cc1c4c23. The van der Waals surface area contributed by atoms with Crippen molar-refractivity contribution in [2.45, 2.75) is 19.3 Å². The molecule has 6 aromatic carbocycles. The van der Waals surface area contributed by atoms with Gasteiger partial charge in [0.1, 0.15) is 0 Å². The second-order valence-electron chi connectivity index (χ2n) is 9.79. The summed E-state index contributed by atoms with van der Waals surface area (Å²) in [7, 11) is 0. The van der Waals surface area contributed by atoms with Gasteiger partial charge in [0.05, 0.1) is 0 Å². The third-order valence-electron chi connectivity index (χ3n) is 7.63. The van der Waals surface area contributed by atoms with E-state index in [0.29, 0.717) is 0 Å². The van der Waals surface area contributed by atoms with E-state index in [1.165, 1.54) is 65.7 Å². The van der Waals surface area contributed by atoms with Crippen molar-refractivity contribution in [2.75, 3.05) is 0 Å². The molecule has 0 atom stereocenters. The van der Waals surface area contributed by atoms with Crippen LogP contribution in [0.5, 0.6) is 0 Å². The lowest BCUT2D eigenvalue weighted by Gasteiger charge is -2.22. The summed E-state index contributed by atoms with van der Waals surface area (Å²) in [5, 5.41) is 8.27. The summed E-state index contributed by atoms with van der Waals surface area (Å²) in [5.74, 6) is 0. The van der Waals surface area contributed by atoms with Gasteiger partial charge in [0, 0.05) is 5.41 Å². The highest BCUT2D eigenvalue weighted by atomic mass is 14.4. The van der Waals surface area contributed by atoms with Crippen molar-refractivity contribution >= 4 is 32.3 Å². The maximum Gasteiger partial charge on any atom is 0.0159 e. The van der Waals surface area contributed by atoms with E-state index in [1.54, 1.807) is 0 Å². The van der Waals surface area contributed by atoms with Gasteiger partial charge in [0.25, 0.3) is 0 Å². The Morgan fingerprint density at radius 3 is 2.03 bits per heavy atom. The van der Waals surface area contributed by atoms with Crippen molar-refractivity contribution in [3.8, 4) is 22.3 Å². The molecule has 0 heterocycles. The molecular weight excluding hydrogens is 396 g/mol. The summed E-state index contributed by atoms with van der Waals surface area (Å²) in [4.78, 5) is 0. The fourth-order valence-corrected chi connectivity index (χ4v) is 5.95. The lowest BCUT2D eigenvalue weighted by molar-refractivity contribution is 0.663. The van der Waals surface area contributed by atoms with Gasteiger partial charge in [0.2, 0.25) is 0 Å². The highest BCUT2D eigenvalue weighted by Crippen LogP contribution is 2.52. The molecule has 0 radical (unpaired) electrons. The summed E-state index contributed by atoms with van der Waals surface area (Å²) in [5.41, 5.74) is 7.98. The Labute approximate surface area is 194 Å². The van der Waals surface area contributed by atoms with Crippen LogP contribution >= 0.6 is 0 Å². The smallest absolute Gasteiger partial charge is 0.0159 e. The van der Waals surface area contributed by atoms with E-state index in [9.17, 15) is 0 Å². The Bertz CT molecular complexity index is 1720. The number of benzene rings is 6. The van der Waals surface area contributed by atoms with Gasteiger partial charge in [0.15, 0.2) is 0 Å². The lowest BCUT2D eigenvalue weighted by atomic mass is 9.80. The fourth-order valence-electron chi connectivity index (χ4n) is 5.95. The fraction of sp³-hybridized carbons (Fsp3) is 0.0909. The van der Waals surface area contributed by atoms with Crippen LogP contribution in [0.4, 0.5) is 0 Å². The quantitative estimate of drug-likeness (QED) is 0.245. The maximum absolute atomic E-state index is 2.42. The predicted octanol–water partition coefficient (Wildman–Crippen LogP) is 9.12. The molecule has 0 N–H and O–H groups in total. The standard InChI is InChI=1S/C33H24/c1-33(2)29-18-17-26(23-13-8-12-22(19-23)21-9-4-3-5-10-21)28-16-15-27-25-14-7-6-11-24(25)20-30(33)32(27)31(28)29/h3-20H,1-2H3. The minimum Gasteiger partial charge on any atom is -0.0622 e. The third-order valence-corrected chi connectivity index (χ3v) is 7.63. The van der Waals surface area contributed by atoms with Gasteiger partial charge < -0.3 is 0 Å². The van der Waals surface area contributed by atoms with Gasteiger partial charge >= 0.3 is 0 Å². The molecule has 0 bridgehead atoms. The molecule has 0 aromatic heterocycles. The first-order chi connectivity index (χ1) is 16.1. The molecule has 1 aliphatic rings. The molecule has 0 fully saturated rings. The Morgan fingerprint density at radius 1 is 0.455 bits per heavy atom. The Balaban J connectivity index is 1.55. The van der Waals surface area contributed by atoms with E-state index < -0.39 is 0 Å². The maximum atomic E-state index is 2.42. The molecule has 0 aliphatic heterocycles. The topological polar surface area (TPSA) is 0 Å². The second kappa shape index (κ2) is 6.56. The lowest BCUT2D eigenvalue weighted by Crippen LogP contribution is -2.15.